The minimum absolute atomic E-state index is 0.130. The Morgan fingerprint density at radius 1 is 1.48 bits per heavy atom. The van der Waals surface area contributed by atoms with Crippen LogP contribution in [-0.2, 0) is 4.79 Å². The number of urea groups is 1. The molecule has 116 valence electrons. The molecule has 0 spiro atoms. The Kier molecular flexibility index (Phi) is 4.82. The topological polar surface area (TPSA) is 82.8 Å². The Morgan fingerprint density at radius 2 is 2.19 bits per heavy atom. The maximum Gasteiger partial charge on any atom is 0.327 e. The van der Waals surface area contributed by atoms with Gasteiger partial charge in [0.05, 0.1) is 17.7 Å². The Labute approximate surface area is 127 Å². The summed E-state index contributed by atoms with van der Waals surface area (Å²) in [6.07, 6.45) is 1.54. The van der Waals surface area contributed by atoms with E-state index in [9.17, 15) is 14.7 Å². The van der Waals surface area contributed by atoms with Crippen molar-refractivity contribution in [3.05, 3.63) is 24.2 Å². The van der Waals surface area contributed by atoms with Gasteiger partial charge in [-0.05, 0) is 25.0 Å². The number of nitrogens with zero attached hydrogens (tertiary/aromatic N) is 1. The number of rotatable bonds is 4. The molecule has 1 aromatic rings. The van der Waals surface area contributed by atoms with Crippen molar-refractivity contribution in [2.75, 3.05) is 5.75 Å². The first kappa shape index (κ1) is 15.8. The van der Waals surface area contributed by atoms with Gasteiger partial charge in [-0.1, -0.05) is 13.8 Å². The van der Waals surface area contributed by atoms with Crippen LogP contribution in [0.3, 0.4) is 0 Å². The Bertz CT molecular complexity index is 503. The van der Waals surface area contributed by atoms with E-state index in [4.69, 9.17) is 4.42 Å². The number of amides is 2. The van der Waals surface area contributed by atoms with Crippen molar-refractivity contribution in [3.63, 3.8) is 0 Å². The Morgan fingerprint density at radius 3 is 2.71 bits per heavy atom. The van der Waals surface area contributed by atoms with Crippen LogP contribution >= 0.6 is 11.8 Å². The molecule has 1 aromatic heterocycles. The number of aliphatic carboxylic acids is 1. The van der Waals surface area contributed by atoms with Crippen molar-refractivity contribution in [2.24, 2.45) is 5.92 Å². The van der Waals surface area contributed by atoms with Crippen molar-refractivity contribution in [2.45, 2.75) is 38.2 Å². The third-order valence-electron chi connectivity index (χ3n) is 3.43. The second-order valence-corrected chi connectivity index (χ2v) is 6.57. The molecule has 21 heavy (non-hydrogen) atoms. The number of nitrogens with one attached hydrogen (secondary N) is 1. The third kappa shape index (κ3) is 3.34. The summed E-state index contributed by atoms with van der Waals surface area (Å²) in [7, 11) is 0. The zero-order valence-corrected chi connectivity index (χ0v) is 13.1. The lowest BCUT2D eigenvalue weighted by Crippen LogP contribution is -2.51. The molecule has 1 aliphatic heterocycles. The average molecular weight is 312 g/mol. The first-order valence-electron chi connectivity index (χ1n) is 6.88. The fourth-order valence-corrected chi connectivity index (χ4v) is 3.83. The van der Waals surface area contributed by atoms with E-state index in [0.29, 0.717) is 11.5 Å². The van der Waals surface area contributed by atoms with E-state index in [1.807, 2.05) is 13.8 Å². The molecule has 7 heteroatoms. The van der Waals surface area contributed by atoms with Crippen LogP contribution in [0.1, 0.15) is 32.6 Å². The lowest BCUT2D eigenvalue weighted by atomic mass is 10.1. The van der Waals surface area contributed by atoms with Gasteiger partial charge in [-0.2, -0.15) is 0 Å². The van der Waals surface area contributed by atoms with E-state index >= 15 is 0 Å². The Hall–Kier alpha value is -1.63. The van der Waals surface area contributed by atoms with E-state index in [1.54, 1.807) is 25.3 Å². The zero-order valence-electron chi connectivity index (χ0n) is 12.3. The molecule has 1 aliphatic rings. The summed E-state index contributed by atoms with van der Waals surface area (Å²) in [5, 5.41) is 12.0. The SMILES string of the molecule is CC(NC(=O)N1C(C(=O)O)CSC1C(C)C)c1ccco1. The van der Waals surface area contributed by atoms with Crippen molar-refractivity contribution in [1.82, 2.24) is 10.2 Å². The number of carbonyl (C=O) groups excluding carboxylic acids is 1. The molecule has 6 nitrogen and oxygen atoms in total. The van der Waals surface area contributed by atoms with Crippen LogP contribution in [0.4, 0.5) is 4.79 Å². The molecule has 0 saturated carbocycles. The molecule has 2 amide bonds. The molecule has 3 atom stereocenters. The minimum Gasteiger partial charge on any atom is -0.480 e. The summed E-state index contributed by atoms with van der Waals surface area (Å²) >= 11 is 1.51. The van der Waals surface area contributed by atoms with Gasteiger partial charge < -0.3 is 14.8 Å². The smallest absolute Gasteiger partial charge is 0.327 e. The number of carbonyl (C=O) groups is 2. The molecule has 2 rings (SSSR count). The predicted octanol–water partition coefficient (Wildman–Crippen LogP) is 2.53. The molecule has 0 bridgehead atoms. The van der Waals surface area contributed by atoms with Gasteiger partial charge >= 0.3 is 12.0 Å². The number of hydrogen-bond donors (Lipinski definition) is 2. The number of carboxylic acid groups (broad SMARTS) is 1. The lowest BCUT2D eigenvalue weighted by molar-refractivity contribution is -0.141. The molecule has 1 saturated heterocycles. The molecule has 2 N–H and O–H groups in total. The summed E-state index contributed by atoms with van der Waals surface area (Å²) in [6, 6.07) is 2.07. The van der Waals surface area contributed by atoms with Crippen molar-refractivity contribution < 1.29 is 19.1 Å². The van der Waals surface area contributed by atoms with Crippen LogP contribution in [0, 0.1) is 5.92 Å². The molecular weight excluding hydrogens is 292 g/mol. The van der Waals surface area contributed by atoms with E-state index in [2.05, 4.69) is 5.32 Å². The lowest BCUT2D eigenvalue weighted by Gasteiger charge is -2.30. The fraction of sp³-hybridized carbons (Fsp3) is 0.571. The first-order valence-corrected chi connectivity index (χ1v) is 7.93. The first-order chi connectivity index (χ1) is 9.91. The van der Waals surface area contributed by atoms with Crippen LogP contribution in [0.25, 0.3) is 0 Å². The fourth-order valence-electron chi connectivity index (χ4n) is 2.36. The molecule has 3 unspecified atom stereocenters. The van der Waals surface area contributed by atoms with Gasteiger partial charge in [0.15, 0.2) is 0 Å². The average Bonchev–Trinajstić information content (AvgIpc) is 3.07. The molecule has 1 fully saturated rings. The van der Waals surface area contributed by atoms with Gasteiger partial charge in [-0.3, -0.25) is 4.90 Å². The van der Waals surface area contributed by atoms with Gasteiger partial charge in [-0.25, -0.2) is 9.59 Å². The number of hydrogen-bond acceptors (Lipinski definition) is 4. The summed E-state index contributed by atoms with van der Waals surface area (Å²) < 4.78 is 5.25. The second-order valence-electron chi connectivity index (χ2n) is 5.42. The van der Waals surface area contributed by atoms with Crippen molar-refractivity contribution in [3.8, 4) is 0 Å². The zero-order chi connectivity index (χ0) is 15.6. The van der Waals surface area contributed by atoms with Gasteiger partial charge in [0.2, 0.25) is 0 Å². The number of thioether (sulfide) groups is 1. The molecule has 2 heterocycles. The molecule has 0 radical (unpaired) electrons. The van der Waals surface area contributed by atoms with Crippen LogP contribution < -0.4 is 5.32 Å². The molecule has 0 aliphatic carbocycles. The van der Waals surface area contributed by atoms with Crippen LogP contribution in [-0.4, -0.2) is 39.2 Å². The Balaban J connectivity index is 2.11. The standard InChI is InChI=1S/C14H20N2O4S/c1-8(2)12-16(10(7-21-12)13(17)18)14(19)15-9(3)11-5-4-6-20-11/h4-6,8-10,12H,7H2,1-3H3,(H,15,19)(H,17,18). The summed E-state index contributed by atoms with van der Waals surface area (Å²) in [4.78, 5) is 25.3. The van der Waals surface area contributed by atoms with E-state index in [-0.39, 0.29) is 23.4 Å². The quantitative estimate of drug-likeness (QED) is 0.892. The maximum absolute atomic E-state index is 12.5. The maximum atomic E-state index is 12.5. The van der Waals surface area contributed by atoms with Gasteiger partial charge in [0.25, 0.3) is 0 Å². The normalized spacial score (nSPS) is 23.3. The van der Waals surface area contributed by atoms with Crippen molar-refractivity contribution in [1.29, 1.82) is 0 Å². The number of furan rings is 1. The van der Waals surface area contributed by atoms with E-state index in [0.717, 1.165) is 0 Å². The molecular formula is C14H20N2O4S. The van der Waals surface area contributed by atoms with E-state index < -0.39 is 12.0 Å². The summed E-state index contributed by atoms with van der Waals surface area (Å²) in [6.45, 7) is 5.77. The minimum atomic E-state index is -0.966. The summed E-state index contributed by atoms with van der Waals surface area (Å²) in [5.74, 6) is 0.277. The second kappa shape index (κ2) is 6.43. The highest BCUT2D eigenvalue weighted by Crippen LogP contribution is 2.34. The van der Waals surface area contributed by atoms with E-state index in [1.165, 1.54) is 16.7 Å². The molecule has 0 aromatic carbocycles. The largest absolute Gasteiger partial charge is 0.480 e. The highest BCUT2D eigenvalue weighted by molar-refractivity contribution is 8.00. The van der Waals surface area contributed by atoms with Gasteiger partial charge in [-0.15, -0.1) is 11.8 Å². The van der Waals surface area contributed by atoms with Gasteiger partial charge in [0, 0.05) is 5.75 Å². The van der Waals surface area contributed by atoms with Gasteiger partial charge in [0.1, 0.15) is 11.8 Å². The summed E-state index contributed by atoms with van der Waals surface area (Å²) in [5.41, 5.74) is 0. The van der Waals surface area contributed by atoms with Crippen LogP contribution in [0.5, 0.6) is 0 Å². The number of carboxylic acids is 1. The van der Waals surface area contributed by atoms with Crippen molar-refractivity contribution >= 4 is 23.8 Å². The van der Waals surface area contributed by atoms with Crippen LogP contribution in [0.2, 0.25) is 0 Å². The highest BCUT2D eigenvalue weighted by atomic mass is 32.2. The third-order valence-corrected chi connectivity index (χ3v) is 5.06. The van der Waals surface area contributed by atoms with Crippen LogP contribution in [0.15, 0.2) is 22.8 Å². The monoisotopic (exact) mass is 312 g/mol. The predicted molar refractivity (Wildman–Crippen MR) is 80.0 cm³/mol. The highest BCUT2D eigenvalue weighted by Gasteiger charge is 2.43.